The average Bonchev–Trinajstić information content (AvgIpc) is 2.66. The van der Waals surface area contributed by atoms with Crippen LogP contribution in [0.4, 0.5) is 0 Å². The molecule has 0 radical (unpaired) electrons. The van der Waals surface area contributed by atoms with Crippen LogP contribution in [0.5, 0.6) is 0 Å². The monoisotopic (exact) mass is 285 g/mol. The van der Waals surface area contributed by atoms with Crippen molar-refractivity contribution >= 4 is 33.3 Å². The topological polar surface area (TPSA) is 42.2 Å². The summed E-state index contributed by atoms with van der Waals surface area (Å²) in [5.41, 5.74) is 1.93. The van der Waals surface area contributed by atoms with Crippen molar-refractivity contribution in [2.24, 2.45) is 0 Å². The van der Waals surface area contributed by atoms with E-state index < -0.39 is 10.8 Å². The molecule has 1 aromatic carbocycles. The third kappa shape index (κ3) is 2.94. The SMILES string of the molecule is C[S@@](=O)CCCn1c(CO)cc2cc(Cl)ccc21. The lowest BCUT2D eigenvalue weighted by molar-refractivity contribution is 0.271. The maximum Gasteiger partial charge on any atom is 0.0833 e. The average molecular weight is 286 g/mol. The first kappa shape index (κ1) is 13.6. The number of aliphatic hydroxyl groups excluding tert-OH is 1. The van der Waals surface area contributed by atoms with Crippen molar-refractivity contribution in [3.63, 3.8) is 0 Å². The minimum absolute atomic E-state index is 0.00150. The number of rotatable bonds is 5. The Morgan fingerprint density at radius 3 is 2.83 bits per heavy atom. The summed E-state index contributed by atoms with van der Waals surface area (Å²) in [7, 11) is -0.770. The van der Waals surface area contributed by atoms with Gasteiger partial charge in [-0.3, -0.25) is 4.21 Å². The van der Waals surface area contributed by atoms with Gasteiger partial charge in [0, 0.05) is 51.0 Å². The van der Waals surface area contributed by atoms with Crippen LogP contribution in [0.2, 0.25) is 5.02 Å². The lowest BCUT2D eigenvalue weighted by Crippen LogP contribution is -2.06. The van der Waals surface area contributed by atoms with Crippen LogP contribution >= 0.6 is 11.6 Å². The molecule has 0 spiro atoms. The molecule has 0 unspecified atom stereocenters. The molecule has 0 aliphatic heterocycles. The van der Waals surface area contributed by atoms with E-state index in [2.05, 4.69) is 4.57 Å². The molecule has 5 heteroatoms. The van der Waals surface area contributed by atoms with E-state index >= 15 is 0 Å². The van der Waals surface area contributed by atoms with Crippen LogP contribution in [0.3, 0.4) is 0 Å². The highest BCUT2D eigenvalue weighted by Crippen LogP contribution is 2.24. The Hall–Kier alpha value is -0.840. The predicted octanol–water partition coefficient (Wildman–Crippen LogP) is 2.56. The Kier molecular flexibility index (Phi) is 4.43. The molecular formula is C13H16ClNO2S. The fraction of sp³-hybridized carbons (Fsp3) is 0.385. The zero-order valence-electron chi connectivity index (χ0n) is 10.2. The van der Waals surface area contributed by atoms with E-state index in [1.54, 1.807) is 6.26 Å². The lowest BCUT2D eigenvalue weighted by atomic mass is 10.2. The highest BCUT2D eigenvalue weighted by atomic mass is 35.5. The quantitative estimate of drug-likeness (QED) is 0.917. The predicted molar refractivity (Wildman–Crippen MR) is 76.4 cm³/mol. The molecule has 0 aliphatic carbocycles. The Morgan fingerprint density at radius 1 is 1.39 bits per heavy atom. The molecule has 2 aromatic rings. The Balaban J connectivity index is 2.31. The summed E-state index contributed by atoms with van der Waals surface area (Å²) in [6, 6.07) is 7.65. The number of aromatic nitrogens is 1. The summed E-state index contributed by atoms with van der Waals surface area (Å²) in [6.45, 7) is 0.766. The smallest absolute Gasteiger partial charge is 0.0833 e. The molecule has 98 valence electrons. The second-order valence-corrected chi connectivity index (χ2v) is 6.27. The maximum atomic E-state index is 11.1. The van der Waals surface area contributed by atoms with E-state index in [1.165, 1.54) is 0 Å². The molecule has 3 nitrogen and oxygen atoms in total. The minimum Gasteiger partial charge on any atom is -0.390 e. The summed E-state index contributed by atoms with van der Waals surface area (Å²) >= 11 is 5.96. The van der Waals surface area contributed by atoms with E-state index in [-0.39, 0.29) is 6.61 Å². The van der Waals surface area contributed by atoms with Gasteiger partial charge in [-0.15, -0.1) is 0 Å². The van der Waals surface area contributed by atoms with Gasteiger partial charge in [-0.25, -0.2) is 0 Å². The minimum atomic E-state index is -0.770. The first-order valence-electron chi connectivity index (χ1n) is 5.80. The van der Waals surface area contributed by atoms with Crippen molar-refractivity contribution in [2.75, 3.05) is 12.0 Å². The molecule has 0 fully saturated rings. The summed E-state index contributed by atoms with van der Waals surface area (Å²) in [5, 5.41) is 11.1. The van der Waals surface area contributed by atoms with Gasteiger partial charge in [-0.2, -0.15) is 0 Å². The van der Waals surface area contributed by atoms with Crippen LogP contribution in [0.25, 0.3) is 10.9 Å². The Morgan fingerprint density at radius 2 is 2.17 bits per heavy atom. The number of fused-ring (bicyclic) bond motifs is 1. The number of aliphatic hydroxyl groups is 1. The van der Waals surface area contributed by atoms with Crippen LogP contribution in [0.15, 0.2) is 24.3 Å². The first-order chi connectivity index (χ1) is 8.61. The standard InChI is InChI=1S/C13H16ClNO2S/c1-18(17)6-2-5-15-12(9-16)8-10-7-11(14)3-4-13(10)15/h3-4,7-8,16H,2,5-6,9H2,1H3/t18-/m1/s1. The molecule has 0 aliphatic rings. The zero-order chi connectivity index (χ0) is 13.1. The largest absolute Gasteiger partial charge is 0.390 e. The van der Waals surface area contributed by atoms with Crippen molar-refractivity contribution in [3.8, 4) is 0 Å². The van der Waals surface area contributed by atoms with Gasteiger partial charge in [-0.1, -0.05) is 11.6 Å². The number of hydrogen-bond acceptors (Lipinski definition) is 2. The van der Waals surface area contributed by atoms with Crippen LogP contribution in [-0.4, -0.2) is 25.9 Å². The van der Waals surface area contributed by atoms with E-state index in [0.29, 0.717) is 10.8 Å². The Bertz CT molecular complexity index is 580. The number of halogens is 1. The third-order valence-corrected chi connectivity index (χ3v) is 4.02. The second kappa shape index (κ2) is 5.87. The van der Waals surface area contributed by atoms with Crippen LogP contribution in [0.1, 0.15) is 12.1 Å². The molecule has 2 rings (SSSR count). The molecule has 1 heterocycles. The van der Waals surface area contributed by atoms with Crippen LogP contribution in [0, 0.1) is 0 Å². The van der Waals surface area contributed by atoms with Crippen molar-refractivity contribution in [1.82, 2.24) is 4.57 Å². The number of benzene rings is 1. The zero-order valence-corrected chi connectivity index (χ0v) is 11.8. The van der Waals surface area contributed by atoms with Crippen molar-refractivity contribution in [2.45, 2.75) is 19.6 Å². The van der Waals surface area contributed by atoms with Gasteiger partial charge < -0.3 is 9.67 Å². The molecule has 1 aromatic heterocycles. The van der Waals surface area contributed by atoms with Crippen LogP contribution in [-0.2, 0) is 24.0 Å². The first-order valence-corrected chi connectivity index (χ1v) is 7.91. The van der Waals surface area contributed by atoms with Gasteiger partial charge >= 0.3 is 0 Å². The summed E-state index contributed by atoms with van der Waals surface area (Å²) < 4.78 is 13.1. The molecule has 0 saturated carbocycles. The summed E-state index contributed by atoms with van der Waals surface area (Å²) in [4.78, 5) is 0. The summed E-state index contributed by atoms with van der Waals surface area (Å²) in [6.07, 6.45) is 2.54. The normalized spacial score (nSPS) is 13.1. The van der Waals surface area contributed by atoms with Gasteiger partial charge in [0.25, 0.3) is 0 Å². The fourth-order valence-electron chi connectivity index (χ4n) is 2.12. The van der Waals surface area contributed by atoms with Gasteiger partial charge in [0.2, 0.25) is 0 Å². The highest BCUT2D eigenvalue weighted by Gasteiger charge is 2.08. The van der Waals surface area contributed by atoms with Crippen molar-refractivity contribution in [3.05, 3.63) is 35.0 Å². The van der Waals surface area contributed by atoms with Gasteiger partial charge in [0.05, 0.1) is 6.61 Å². The molecule has 18 heavy (non-hydrogen) atoms. The maximum absolute atomic E-state index is 11.1. The van der Waals surface area contributed by atoms with E-state index in [0.717, 1.165) is 29.6 Å². The molecular weight excluding hydrogens is 270 g/mol. The van der Waals surface area contributed by atoms with Gasteiger partial charge in [-0.05, 0) is 30.7 Å². The van der Waals surface area contributed by atoms with Crippen LogP contribution < -0.4 is 0 Å². The van der Waals surface area contributed by atoms with Crippen molar-refractivity contribution < 1.29 is 9.32 Å². The Labute approximate surface area is 114 Å². The van der Waals surface area contributed by atoms with E-state index in [9.17, 15) is 9.32 Å². The molecule has 1 atom stereocenters. The molecule has 0 bridgehead atoms. The number of aryl methyl sites for hydroxylation is 1. The molecule has 0 saturated heterocycles. The fourth-order valence-corrected chi connectivity index (χ4v) is 2.84. The van der Waals surface area contributed by atoms with Gasteiger partial charge in [0.15, 0.2) is 0 Å². The van der Waals surface area contributed by atoms with E-state index in [4.69, 9.17) is 11.6 Å². The summed E-state index contributed by atoms with van der Waals surface area (Å²) in [5.74, 6) is 0.679. The lowest BCUT2D eigenvalue weighted by Gasteiger charge is -2.08. The number of hydrogen-bond donors (Lipinski definition) is 1. The highest BCUT2D eigenvalue weighted by molar-refractivity contribution is 7.84. The second-order valence-electron chi connectivity index (χ2n) is 4.28. The molecule has 0 amide bonds. The van der Waals surface area contributed by atoms with E-state index in [1.807, 2.05) is 24.3 Å². The number of nitrogens with zero attached hydrogens (tertiary/aromatic N) is 1. The third-order valence-electron chi connectivity index (χ3n) is 2.92. The van der Waals surface area contributed by atoms with Gasteiger partial charge in [0.1, 0.15) is 0 Å². The van der Waals surface area contributed by atoms with Crippen molar-refractivity contribution in [1.29, 1.82) is 0 Å². The molecule has 1 N–H and O–H groups in total.